The Hall–Kier alpha value is -2.77. The summed E-state index contributed by atoms with van der Waals surface area (Å²) in [4.78, 5) is 0. The molecule has 8 heteroatoms. The van der Waals surface area contributed by atoms with Crippen LogP contribution in [-0.4, -0.2) is 13.2 Å². The van der Waals surface area contributed by atoms with Crippen LogP contribution < -0.4 is 15.2 Å². The maximum absolute atomic E-state index is 14.5. The lowest BCUT2D eigenvalue weighted by Gasteiger charge is -2.15. The number of alkyl halides is 3. The van der Waals surface area contributed by atoms with Crippen molar-refractivity contribution in [2.24, 2.45) is 5.73 Å². The van der Waals surface area contributed by atoms with Gasteiger partial charge in [-0.05, 0) is 29.3 Å². The van der Waals surface area contributed by atoms with Crippen LogP contribution in [0.1, 0.15) is 11.1 Å². The Balaban J connectivity index is 0.00000320. The van der Waals surface area contributed by atoms with Gasteiger partial charge in [-0.2, -0.15) is 13.2 Å². The van der Waals surface area contributed by atoms with Gasteiger partial charge in [-0.25, -0.2) is 4.39 Å². The van der Waals surface area contributed by atoms with Crippen LogP contribution in [0, 0.1) is 5.82 Å². The first kappa shape index (κ1) is 23.5. The molecule has 0 spiro atoms. The molecule has 30 heavy (non-hydrogen) atoms. The fourth-order valence-electron chi connectivity index (χ4n) is 2.79. The lowest BCUT2D eigenvalue weighted by molar-refractivity contribution is -0.139. The normalized spacial score (nSPS) is 11.0. The Kier molecular flexibility index (Phi) is 8.08. The zero-order valence-corrected chi connectivity index (χ0v) is 16.6. The highest BCUT2D eigenvalue weighted by Gasteiger charge is 2.35. The molecule has 0 radical (unpaired) electrons. The van der Waals surface area contributed by atoms with Gasteiger partial charge in [0.15, 0.2) is 11.5 Å². The van der Waals surface area contributed by atoms with Gasteiger partial charge in [0.1, 0.15) is 19.0 Å². The second-order valence-electron chi connectivity index (χ2n) is 6.24. The van der Waals surface area contributed by atoms with Crippen LogP contribution >= 0.6 is 12.4 Å². The van der Waals surface area contributed by atoms with E-state index in [1.807, 2.05) is 30.3 Å². The first-order chi connectivity index (χ1) is 13.9. The van der Waals surface area contributed by atoms with Crippen LogP contribution in [0.5, 0.6) is 11.5 Å². The van der Waals surface area contributed by atoms with Gasteiger partial charge in [0.25, 0.3) is 0 Å². The molecule has 0 saturated carbocycles. The third-order valence-electron chi connectivity index (χ3n) is 4.17. The second kappa shape index (κ2) is 10.3. The molecule has 3 rings (SSSR count). The zero-order chi connectivity index (χ0) is 20.9. The molecule has 3 nitrogen and oxygen atoms in total. The molecule has 0 aromatic heterocycles. The molecular formula is C22H20ClF4NO2. The Morgan fingerprint density at radius 3 is 2.23 bits per heavy atom. The van der Waals surface area contributed by atoms with Crippen LogP contribution in [0.2, 0.25) is 0 Å². The molecule has 0 unspecified atom stereocenters. The van der Waals surface area contributed by atoms with Gasteiger partial charge in [0.2, 0.25) is 0 Å². The predicted octanol–water partition coefficient (Wildman–Crippen LogP) is 5.85. The Morgan fingerprint density at radius 1 is 0.833 bits per heavy atom. The Labute approximate surface area is 177 Å². The maximum Gasteiger partial charge on any atom is 0.419 e. The standard InChI is InChI=1S/C22H19F4NO2.ClH/c23-21-17(7-4-8-18(21)22(24,25)26)16-9-10-19(28-12-11-27)20(13-16)29-14-15-5-2-1-3-6-15;/h1-10,13H,11-12,14,27H2;1H. The monoisotopic (exact) mass is 441 g/mol. The van der Waals surface area contributed by atoms with Crippen molar-refractivity contribution in [3.8, 4) is 22.6 Å². The summed E-state index contributed by atoms with van der Waals surface area (Å²) in [5.74, 6) is -0.663. The summed E-state index contributed by atoms with van der Waals surface area (Å²) in [6.45, 7) is 0.732. The van der Waals surface area contributed by atoms with E-state index >= 15 is 0 Å². The van der Waals surface area contributed by atoms with Crippen molar-refractivity contribution in [3.05, 3.63) is 83.7 Å². The number of hydrogen-bond donors (Lipinski definition) is 1. The largest absolute Gasteiger partial charge is 0.488 e. The second-order valence-corrected chi connectivity index (χ2v) is 6.24. The van der Waals surface area contributed by atoms with E-state index in [0.29, 0.717) is 11.8 Å². The van der Waals surface area contributed by atoms with Gasteiger partial charge in [-0.1, -0.05) is 48.5 Å². The van der Waals surface area contributed by atoms with Gasteiger partial charge in [-0.3, -0.25) is 0 Å². The van der Waals surface area contributed by atoms with Crippen LogP contribution in [0.4, 0.5) is 17.6 Å². The molecule has 3 aromatic rings. The molecule has 0 saturated heterocycles. The number of hydrogen-bond acceptors (Lipinski definition) is 3. The fraction of sp³-hybridized carbons (Fsp3) is 0.182. The summed E-state index contributed by atoms with van der Waals surface area (Å²) < 4.78 is 65.0. The van der Waals surface area contributed by atoms with Crippen molar-refractivity contribution < 1.29 is 27.0 Å². The molecule has 0 heterocycles. The Bertz CT molecular complexity index is 965. The molecule has 0 aliphatic heterocycles. The third kappa shape index (κ3) is 5.64. The van der Waals surface area contributed by atoms with E-state index < -0.39 is 17.6 Å². The van der Waals surface area contributed by atoms with E-state index in [2.05, 4.69) is 0 Å². The fourth-order valence-corrected chi connectivity index (χ4v) is 2.79. The molecule has 0 amide bonds. The summed E-state index contributed by atoms with van der Waals surface area (Å²) in [6, 6.07) is 17.0. The first-order valence-electron chi connectivity index (χ1n) is 8.90. The minimum absolute atomic E-state index is 0. The summed E-state index contributed by atoms with van der Waals surface area (Å²) in [6.07, 6.45) is -4.78. The van der Waals surface area contributed by atoms with Crippen LogP contribution in [0.3, 0.4) is 0 Å². The van der Waals surface area contributed by atoms with E-state index in [9.17, 15) is 17.6 Å². The van der Waals surface area contributed by atoms with Crippen molar-refractivity contribution in [2.75, 3.05) is 13.2 Å². The highest BCUT2D eigenvalue weighted by Crippen LogP contribution is 2.38. The van der Waals surface area contributed by atoms with Crippen LogP contribution in [-0.2, 0) is 12.8 Å². The minimum atomic E-state index is -4.78. The molecule has 2 N–H and O–H groups in total. The van der Waals surface area contributed by atoms with Crippen LogP contribution in [0.15, 0.2) is 66.7 Å². The summed E-state index contributed by atoms with van der Waals surface area (Å²) in [7, 11) is 0. The van der Waals surface area contributed by atoms with Gasteiger partial charge in [-0.15, -0.1) is 12.4 Å². The number of benzene rings is 3. The Morgan fingerprint density at radius 2 is 1.57 bits per heavy atom. The molecule has 160 valence electrons. The lowest BCUT2D eigenvalue weighted by atomic mass is 10.0. The maximum atomic E-state index is 14.5. The highest BCUT2D eigenvalue weighted by atomic mass is 35.5. The molecule has 0 aliphatic rings. The van der Waals surface area contributed by atoms with Gasteiger partial charge < -0.3 is 15.2 Å². The molecule has 3 aromatic carbocycles. The van der Waals surface area contributed by atoms with E-state index in [1.54, 1.807) is 0 Å². The van der Waals surface area contributed by atoms with E-state index in [1.165, 1.54) is 30.3 Å². The van der Waals surface area contributed by atoms with Crippen molar-refractivity contribution in [3.63, 3.8) is 0 Å². The van der Waals surface area contributed by atoms with E-state index in [0.717, 1.165) is 5.56 Å². The molecule has 0 aliphatic carbocycles. The summed E-state index contributed by atoms with van der Waals surface area (Å²) >= 11 is 0. The summed E-state index contributed by atoms with van der Waals surface area (Å²) in [5, 5.41) is 0. The van der Waals surface area contributed by atoms with Crippen molar-refractivity contribution >= 4 is 12.4 Å². The van der Waals surface area contributed by atoms with Gasteiger partial charge in [0.05, 0.1) is 5.56 Å². The number of halogens is 5. The number of ether oxygens (including phenoxy) is 2. The van der Waals surface area contributed by atoms with Gasteiger partial charge >= 0.3 is 6.18 Å². The quantitative estimate of drug-likeness (QED) is 0.468. The smallest absolute Gasteiger partial charge is 0.419 e. The van der Waals surface area contributed by atoms with E-state index in [4.69, 9.17) is 15.2 Å². The molecular weight excluding hydrogens is 422 g/mol. The van der Waals surface area contributed by atoms with Crippen molar-refractivity contribution in [1.29, 1.82) is 0 Å². The first-order valence-corrected chi connectivity index (χ1v) is 8.90. The van der Waals surface area contributed by atoms with Crippen molar-refractivity contribution in [2.45, 2.75) is 12.8 Å². The zero-order valence-electron chi connectivity index (χ0n) is 15.8. The highest BCUT2D eigenvalue weighted by molar-refractivity contribution is 5.85. The number of rotatable bonds is 7. The topological polar surface area (TPSA) is 44.5 Å². The molecule has 0 bridgehead atoms. The predicted molar refractivity (Wildman–Crippen MR) is 109 cm³/mol. The lowest BCUT2D eigenvalue weighted by Crippen LogP contribution is -2.11. The molecule has 0 atom stereocenters. The van der Waals surface area contributed by atoms with Gasteiger partial charge in [0, 0.05) is 12.1 Å². The number of nitrogens with two attached hydrogens (primary N) is 1. The van der Waals surface area contributed by atoms with Crippen LogP contribution in [0.25, 0.3) is 11.1 Å². The average Bonchev–Trinajstić information content (AvgIpc) is 2.71. The summed E-state index contributed by atoms with van der Waals surface area (Å²) in [5.41, 5.74) is 5.12. The minimum Gasteiger partial charge on any atom is -0.488 e. The van der Waals surface area contributed by atoms with Crippen molar-refractivity contribution in [1.82, 2.24) is 0 Å². The third-order valence-corrected chi connectivity index (χ3v) is 4.17. The molecule has 0 fully saturated rings. The van der Waals surface area contributed by atoms with E-state index in [-0.39, 0.29) is 49.0 Å². The average molecular weight is 442 g/mol. The SMILES string of the molecule is Cl.NCCOc1ccc(-c2cccc(C(F)(F)F)c2F)cc1OCc1ccccc1.